The minimum Gasteiger partial charge on any atom is -0.460 e. The normalized spacial score (nSPS) is 34.7. The van der Waals surface area contributed by atoms with E-state index in [2.05, 4.69) is 23.7 Å². The van der Waals surface area contributed by atoms with E-state index < -0.39 is 5.79 Å². The van der Waals surface area contributed by atoms with Crippen LogP contribution in [0.3, 0.4) is 0 Å². The van der Waals surface area contributed by atoms with Crippen LogP contribution in [0.2, 0.25) is 0 Å². The number of esters is 1. The maximum absolute atomic E-state index is 11.8. The van der Waals surface area contributed by atoms with Crippen molar-refractivity contribution in [2.45, 2.75) is 64.1 Å². The molecule has 3 aliphatic rings. The summed E-state index contributed by atoms with van der Waals surface area (Å²) >= 11 is 0. The van der Waals surface area contributed by atoms with Crippen molar-refractivity contribution >= 4 is 5.97 Å². The first-order valence-electron chi connectivity index (χ1n) is 8.34. The molecule has 3 heterocycles. The number of epoxide rings is 1. The van der Waals surface area contributed by atoms with E-state index in [-0.39, 0.29) is 24.3 Å². The molecule has 0 aromatic heterocycles. The molecule has 1 spiro atoms. The van der Waals surface area contributed by atoms with Gasteiger partial charge in [0.1, 0.15) is 18.0 Å². The largest absolute Gasteiger partial charge is 0.460 e. The summed E-state index contributed by atoms with van der Waals surface area (Å²) in [5.41, 5.74) is 0. The zero-order valence-electron chi connectivity index (χ0n) is 14.3. The number of rotatable bonds is 3. The van der Waals surface area contributed by atoms with Gasteiger partial charge in [-0.05, 0) is 31.1 Å². The molecule has 5 heteroatoms. The first kappa shape index (κ1) is 16.9. The SMILES string of the molecule is CC#CC#CC=C1OC2(CCC(OC(=O)CC(C)C)CO2)C2OC12. The highest BCUT2D eigenvalue weighted by Gasteiger charge is 2.67. The third-order valence-electron chi connectivity index (χ3n) is 4.17. The molecule has 3 aliphatic heterocycles. The number of hydrogen-bond donors (Lipinski definition) is 0. The number of allylic oxidation sites excluding steroid dienone is 1. The monoisotopic (exact) mass is 330 g/mol. The lowest BCUT2D eigenvalue weighted by Crippen LogP contribution is -2.46. The molecule has 0 aromatic rings. The van der Waals surface area contributed by atoms with Gasteiger partial charge in [-0.15, -0.1) is 0 Å². The molecule has 0 N–H and O–H groups in total. The third kappa shape index (κ3) is 3.59. The molecule has 0 bridgehead atoms. The van der Waals surface area contributed by atoms with Gasteiger partial charge in [0.2, 0.25) is 5.79 Å². The fraction of sp³-hybridized carbons (Fsp3) is 0.632. The van der Waals surface area contributed by atoms with Crippen LogP contribution in [0, 0.1) is 29.6 Å². The minimum absolute atomic E-state index is 0.0751. The molecule has 0 saturated carbocycles. The second-order valence-electron chi connectivity index (χ2n) is 6.64. The maximum Gasteiger partial charge on any atom is 0.306 e. The molecular weight excluding hydrogens is 308 g/mol. The second kappa shape index (κ2) is 6.89. The Balaban J connectivity index is 1.54. The van der Waals surface area contributed by atoms with Gasteiger partial charge < -0.3 is 18.9 Å². The Morgan fingerprint density at radius 3 is 2.96 bits per heavy atom. The van der Waals surface area contributed by atoms with Crippen LogP contribution in [0.25, 0.3) is 0 Å². The fourth-order valence-corrected chi connectivity index (χ4v) is 3.01. The maximum atomic E-state index is 11.8. The molecule has 24 heavy (non-hydrogen) atoms. The van der Waals surface area contributed by atoms with Gasteiger partial charge in [0.05, 0.1) is 6.61 Å². The summed E-state index contributed by atoms with van der Waals surface area (Å²) in [6.45, 7) is 6.06. The minimum atomic E-state index is -0.754. The summed E-state index contributed by atoms with van der Waals surface area (Å²) in [5, 5.41) is 0. The Morgan fingerprint density at radius 1 is 1.46 bits per heavy atom. The van der Waals surface area contributed by atoms with Crippen LogP contribution in [-0.2, 0) is 23.7 Å². The third-order valence-corrected chi connectivity index (χ3v) is 4.17. The molecule has 3 rings (SSSR count). The van der Waals surface area contributed by atoms with Crippen LogP contribution >= 0.6 is 0 Å². The van der Waals surface area contributed by atoms with Crippen molar-refractivity contribution < 1.29 is 23.7 Å². The fourth-order valence-electron chi connectivity index (χ4n) is 3.01. The average Bonchev–Trinajstić information content (AvgIpc) is 3.28. The molecule has 4 atom stereocenters. The van der Waals surface area contributed by atoms with E-state index in [4.69, 9.17) is 18.9 Å². The molecule has 3 saturated heterocycles. The van der Waals surface area contributed by atoms with Crippen molar-refractivity contribution in [2.75, 3.05) is 6.61 Å². The van der Waals surface area contributed by atoms with E-state index in [1.807, 2.05) is 13.8 Å². The molecule has 128 valence electrons. The van der Waals surface area contributed by atoms with Crippen LogP contribution < -0.4 is 0 Å². The van der Waals surface area contributed by atoms with Crippen molar-refractivity contribution in [1.29, 1.82) is 0 Å². The van der Waals surface area contributed by atoms with E-state index in [1.165, 1.54) is 0 Å². The smallest absolute Gasteiger partial charge is 0.306 e. The number of fused-ring (bicyclic) bond motifs is 2. The van der Waals surface area contributed by atoms with E-state index in [9.17, 15) is 4.79 Å². The lowest BCUT2D eigenvalue weighted by Gasteiger charge is -2.36. The van der Waals surface area contributed by atoms with Crippen molar-refractivity contribution in [1.82, 2.24) is 0 Å². The predicted octanol–water partition coefficient (Wildman–Crippen LogP) is 2.16. The van der Waals surface area contributed by atoms with Crippen LogP contribution in [0.15, 0.2) is 11.8 Å². The van der Waals surface area contributed by atoms with E-state index in [1.54, 1.807) is 13.0 Å². The molecule has 3 fully saturated rings. The van der Waals surface area contributed by atoms with Gasteiger partial charge in [-0.1, -0.05) is 25.7 Å². The topological polar surface area (TPSA) is 57.3 Å². The van der Waals surface area contributed by atoms with Gasteiger partial charge in [0, 0.05) is 18.9 Å². The molecule has 0 aromatic carbocycles. The molecule has 0 amide bonds. The van der Waals surface area contributed by atoms with E-state index in [0.717, 1.165) is 0 Å². The molecule has 0 radical (unpaired) electrons. The zero-order chi connectivity index (χ0) is 17.2. The lowest BCUT2D eigenvalue weighted by molar-refractivity contribution is -0.260. The summed E-state index contributed by atoms with van der Waals surface area (Å²) in [7, 11) is 0. The zero-order valence-corrected chi connectivity index (χ0v) is 14.3. The molecule has 0 aliphatic carbocycles. The van der Waals surface area contributed by atoms with Crippen molar-refractivity contribution in [2.24, 2.45) is 5.92 Å². The van der Waals surface area contributed by atoms with Crippen molar-refractivity contribution in [3.05, 3.63) is 11.8 Å². The Kier molecular flexibility index (Phi) is 4.85. The summed E-state index contributed by atoms with van der Waals surface area (Å²) in [5.74, 6) is 11.0. The summed E-state index contributed by atoms with van der Waals surface area (Å²) in [6, 6.07) is 0. The van der Waals surface area contributed by atoms with Gasteiger partial charge >= 0.3 is 5.97 Å². The number of ether oxygens (including phenoxy) is 4. The van der Waals surface area contributed by atoms with Gasteiger partial charge in [-0.25, -0.2) is 0 Å². The number of hydrogen-bond acceptors (Lipinski definition) is 5. The molecular formula is C19H22O5. The Labute approximate surface area is 142 Å². The Hall–Kier alpha value is -1.95. The average molecular weight is 330 g/mol. The Bertz CT molecular complexity index is 647. The highest BCUT2D eigenvalue weighted by atomic mass is 16.8. The first-order valence-corrected chi connectivity index (χ1v) is 8.34. The summed E-state index contributed by atoms with van der Waals surface area (Å²) < 4.78 is 23.0. The standard InChI is InChI=1S/C19H22O5/c1-4-5-6-7-8-15-17-18(23-17)19(24-15)10-9-14(12-21-19)22-16(20)11-13(2)3/h8,13-14,17-18H,9-12H2,1-3H3. The van der Waals surface area contributed by atoms with Crippen LogP contribution in [0.1, 0.15) is 40.0 Å². The second-order valence-corrected chi connectivity index (χ2v) is 6.64. The van der Waals surface area contributed by atoms with Crippen LogP contribution in [-0.4, -0.2) is 36.7 Å². The van der Waals surface area contributed by atoms with Gasteiger partial charge in [-0.3, -0.25) is 4.79 Å². The van der Waals surface area contributed by atoms with Gasteiger partial charge in [0.25, 0.3) is 0 Å². The molecule has 4 unspecified atom stereocenters. The van der Waals surface area contributed by atoms with E-state index in [0.29, 0.717) is 37.5 Å². The highest BCUT2D eigenvalue weighted by molar-refractivity contribution is 5.69. The summed E-state index contributed by atoms with van der Waals surface area (Å²) in [6.07, 6.45) is 3.09. The predicted molar refractivity (Wildman–Crippen MR) is 86.3 cm³/mol. The van der Waals surface area contributed by atoms with Gasteiger partial charge in [-0.2, -0.15) is 0 Å². The van der Waals surface area contributed by atoms with Gasteiger partial charge in [0.15, 0.2) is 6.10 Å². The highest BCUT2D eigenvalue weighted by Crippen LogP contribution is 2.52. The van der Waals surface area contributed by atoms with E-state index >= 15 is 0 Å². The first-order chi connectivity index (χ1) is 11.5. The Morgan fingerprint density at radius 2 is 2.29 bits per heavy atom. The number of carbonyl (C=O) groups excluding carboxylic acids is 1. The van der Waals surface area contributed by atoms with Crippen LogP contribution in [0.5, 0.6) is 0 Å². The van der Waals surface area contributed by atoms with Crippen LogP contribution in [0.4, 0.5) is 0 Å². The molecule has 5 nitrogen and oxygen atoms in total. The van der Waals surface area contributed by atoms with Crippen molar-refractivity contribution in [3.63, 3.8) is 0 Å². The lowest BCUT2D eigenvalue weighted by atomic mass is 10.0. The summed E-state index contributed by atoms with van der Waals surface area (Å²) in [4.78, 5) is 11.8. The van der Waals surface area contributed by atoms with Crippen molar-refractivity contribution in [3.8, 4) is 23.7 Å². The quantitative estimate of drug-likeness (QED) is 0.451. The number of carbonyl (C=O) groups is 1.